The summed E-state index contributed by atoms with van der Waals surface area (Å²) in [7, 11) is 5.89. The first-order valence-corrected chi connectivity index (χ1v) is 8.34. The van der Waals surface area contributed by atoms with E-state index in [-0.39, 0.29) is 23.8 Å². The van der Waals surface area contributed by atoms with Crippen LogP contribution in [0.2, 0.25) is 0 Å². The molecule has 0 atom stereocenters. The molecule has 2 aromatic rings. The van der Waals surface area contributed by atoms with Gasteiger partial charge in [0.05, 0.1) is 18.9 Å². The van der Waals surface area contributed by atoms with Gasteiger partial charge in [-0.1, -0.05) is 29.8 Å². The number of fused-ring (bicyclic) bond motifs is 2. The maximum Gasteiger partial charge on any atom is 0.254 e. The minimum Gasteiger partial charge on any atom is -0.331 e. The lowest BCUT2D eigenvalue weighted by Crippen LogP contribution is -2.46. The van der Waals surface area contributed by atoms with Crippen LogP contribution in [0.4, 0.5) is 10.3 Å². The monoisotopic (exact) mass is 352 g/mol. The second-order valence-corrected chi connectivity index (χ2v) is 7.01. The molecular formula is C17H14BFN4OS. The number of rotatable bonds is 3. The van der Waals surface area contributed by atoms with Crippen molar-refractivity contribution in [3.05, 3.63) is 47.5 Å². The summed E-state index contributed by atoms with van der Waals surface area (Å²) in [6, 6.07) is 5.46. The lowest BCUT2D eigenvalue weighted by molar-refractivity contribution is 0.0741. The highest BCUT2D eigenvalue weighted by Gasteiger charge is 2.51. The Morgan fingerprint density at radius 1 is 1.36 bits per heavy atom. The lowest BCUT2D eigenvalue weighted by atomic mass is 9.82. The van der Waals surface area contributed by atoms with Crippen molar-refractivity contribution in [2.75, 3.05) is 18.4 Å². The van der Waals surface area contributed by atoms with E-state index in [0.29, 0.717) is 22.6 Å². The summed E-state index contributed by atoms with van der Waals surface area (Å²) in [5, 5.41) is 2.85. The zero-order valence-corrected chi connectivity index (χ0v) is 14.1. The molecule has 1 aliphatic heterocycles. The Morgan fingerprint density at radius 2 is 2.08 bits per heavy atom. The second kappa shape index (κ2) is 5.88. The van der Waals surface area contributed by atoms with Crippen molar-refractivity contribution >= 4 is 42.4 Å². The van der Waals surface area contributed by atoms with Crippen LogP contribution in [0, 0.1) is 5.82 Å². The quantitative estimate of drug-likeness (QED) is 0.667. The number of anilines is 1. The third-order valence-electron chi connectivity index (χ3n) is 4.69. The standard InChI is InChI=1S/C17H14BFN4OS/c18-10-1-2-12-13(5-10)17(3-4-17)9-23(15(12)24)8-14(25)22-16-20-6-11(19)7-21-16/h1-2,5-7H,3-4,8-9H2,(H,20,21,22,25). The van der Waals surface area contributed by atoms with E-state index in [1.165, 1.54) is 0 Å². The normalized spacial score (nSPS) is 17.3. The topological polar surface area (TPSA) is 58.1 Å². The van der Waals surface area contributed by atoms with Crippen LogP contribution in [-0.2, 0) is 5.41 Å². The summed E-state index contributed by atoms with van der Waals surface area (Å²) in [4.78, 5) is 22.6. The molecule has 2 radical (unpaired) electrons. The largest absolute Gasteiger partial charge is 0.331 e. The number of carbonyl (C=O) groups is 1. The minimum absolute atomic E-state index is 0.000607. The predicted molar refractivity (Wildman–Crippen MR) is 96.9 cm³/mol. The molecule has 124 valence electrons. The Morgan fingerprint density at radius 3 is 2.76 bits per heavy atom. The lowest BCUT2D eigenvalue weighted by Gasteiger charge is -2.35. The molecule has 1 aromatic heterocycles. The molecule has 5 nitrogen and oxygen atoms in total. The number of hydrogen-bond donors (Lipinski definition) is 1. The first kappa shape index (κ1) is 16.1. The third-order valence-corrected chi connectivity index (χ3v) is 4.92. The second-order valence-electron chi connectivity index (χ2n) is 6.52. The fraction of sp³-hybridized carbons (Fsp3) is 0.294. The Labute approximate surface area is 151 Å². The highest BCUT2D eigenvalue weighted by molar-refractivity contribution is 7.80. The minimum atomic E-state index is -0.519. The summed E-state index contributed by atoms with van der Waals surface area (Å²) in [6.07, 6.45) is 4.19. The molecule has 1 amide bonds. The molecule has 8 heteroatoms. The van der Waals surface area contributed by atoms with Gasteiger partial charge >= 0.3 is 0 Å². The van der Waals surface area contributed by atoms with Crippen molar-refractivity contribution in [1.82, 2.24) is 14.9 Å². The zero-order valence-electron chi connectivity index (χ0n) is 13.3. The van der Waals surface area contributed by atoms with Crippen LogP contribution >= 0.6 is 12.2 Å². The molecule has 1 fully saturated rings. The Balaban J connectivity index is 1.52. The average molecular weight is 352 g/mol. The molecule has 2 aliphatic rings. The first-order valence-electron chi connectivity index (χ1n) is 7.94. The smallest absolute Gasteiger partial charge is 0.254 e. The van der Waals surface area contributed by atoms with Crippen molar-refractivity contribution in [3.63, 3.8) is 0 Å². The summed E-state index contributed by atoms with van der Waals surface area (Å²) in [5.41, 5.74) is 2.42. The maximum atomic E-state index is 12.9. The molecule has 0 bridgehead atoms. The van der Waals surface area contributed by atoms with Gasteiger partial charge in [0.25, 0.3) is 5.91 Å². The van der Waals surface area contributed by atoms with E-state index >= 15 is 0 Å². The highest BCUT2D eigenvalue weighted by atomic mass is 32.1. The predicted octanol–water partition coefficient (Wildman–Crippen LogP) is 1.34. The summed E-state index contributed by atoms with van der Waals surface area (Å²) >= 11 is 5.32. The van der Waals surface area contributed by atoms with E-state index in [4.69, 9.17) is 20.1 Å². The number of benzene rings is 1. The van der Waals surface area contributed by atoms with Gasteiger partial charge in [-0.25, -0.2) is 14.4 Å². The molecular weight excluding hydrogens is 338 g/mol. The van der Waals surface area contributed by atoms with Crippen LogP contribution in [0.15, 0.2) is 30.6 Å². The number of nitrogens with zero attached hydrogens (tertiary/aromatic N) is 3. The molecule has 1 N–H and O–H groups in total. The molecule has 0 unspecified atom stereocenters. The maximum absolute atomic E-state index is 12.9. The molecule has 1 aromatic carbocycles. The van der Waals surface area contributed by atoms with E-state index in [1.807, 2.05) is 6.07 Å². The van der Waals surface area contributed by atoms with Crippen molar-refractivity contribution in [2.24, 2.45) is 0 Å². The van der Waals surface area contributed by atoms with E-state index < -0.39 is 5.82 Å². The van der Waals surface area contributed by atoms with E-state index in [0.717, 1.165) is 30.8 Å². The van der Waals surface area contributed by atoms with Gasteiger partial charge in [-0.15, -0.1) is 0 Å². The fourth-order valence-electron chi connectivity index (χ4n) is 3.30. The van der Waals surface area contributed by atoms with Gasteiger partial charge in [0.15, 0.2) is 5.82 Å². The number of hydrogen-bond acceptors (Lipinski definition) is 4. The van der Waals surface area contributed by atoms with Crippen LogP contribution in [0.25, 0.3) is 0 Å². The van der Waals surface area contributed by atoms with Gasteiger partial charge < -0.3 is 10.2 Å². The zero-order chi connectivity index (χ0) is 17.6. The summed E-state index contributed by atoms with van der Waals surface area (Å²) in [6.45, 7) is 0.884. The first-order chi connectivity index (χ1) is 12.0. The average Bonchev–Trinajstić information content (AvgIpc) is 3.35. The number of halogens is 1. The van der Waals surface area contributed by atoms with Gasteiger partial charge in [0, 0.05) is 17.5 Å². The highest BCUT2D eigenvalue weighted by Crippen LogP contribution is 2.52. The fourth-order valence-corrected chi connectivity index (χ4v) is 3.55. The molecule has 1 aliphatic carbocycles. The molecule has 1 saturated carbocycles. The van der Waals surface area contributed by atoms with E-state index in [1.54, 1.807) is 17.0 Å². The van der Waals surface area contributed by atoms with Crippen molar-refractivity contribution in [1.29, 1.82) is 0 Å². The van der Waals surface area contributed by atoms with Crippen LogP contribution in [0.5, 0.6) is 0 Å². The Bertz CT molecular complexity index is 869. The summed E-state index contributed by atoms with van der Waals surface area (Å²) in [5.74, 6) is -0.365. The Hall–Kier alpha value is -2.35. The molecule has 2 heterocycles. The molecule has 25 heavy (non-hydrogen) atoms. The van der Waals surface area contributed by atoms with Gasteiger partial charge in [-0.2, -0.15) is 0 Å². The number of nitrogens with one attached hydrogen (secondary N) is 1. The Kier molecular flexibility index (Phi) is 3.79. The van der Waals surface area contributed by atoms with Gasteiger partial charge in [0.2, 0.25) is 5.95 Å². The van der Waals surface area contributed by atoms with Crippen molar-refractivity contribution in [3.8, 4) is 0 Å². The van der Waals surface area contributed by atoms with Crippen LogP contribution in [0.3, 0.4) is 0 Å². The number of amides is 1. The number of thiocarbonyl (C=S) groups is 1. The van der Waals surface area contributed by atoms with Crippen molar-refractivity contribution < 1.29 is 9.18 Å². The third kappa shape index (κ3) is 3.02. The van der Waals surface area contributed by atoms with Crippen LogP contribution in [0.1, 0.15) is 28.8 Å². The summed E-state index contributed by atoms with van der Waals surface area (Å²) < 4.78 is 12.9. The SMILES string of the molecule is [B]c1ccc2c(c1)C1(CC1)CN(CC(=S)Nc1ncc(F)cn1)C2=O. The van der Waals surface area contributed by atoms with Crippen molar-refractivity contribution in [2.45, 2.75) is 18.3 Å². The molecule has 1 spiro atoms. The van der Waals surface area contributed by atoms with Crippen LogP contribution < -0.4 is 10.8 Å². The number of carbonyl (C=O) groups excluding carboxylic acids is 1. The number of aromatic nitrogens is 2. The molecule has 0 saturated heterocycles. The van der Waals surface area contributed by atoms with Gasteiger partial charge in [-0.3, -0.25) is 4.79 Å². The molecule has 4 rings (SSSR count). The van der Waals surface area contributed by atoms with Gasteiger partial charge in [0.1, 0.15) is 12.8 Å². The van der Waals surface area contributed by atoms with E-state index in [9.17, 15) is 9.18 Å². The van der Waals surface area contributed by atoms with E-state index in [2.05, 4.69) is 15.3 Å². The van der Waals surface area contributed by atoms with Gasteiger partial charge in [-0.05, 0) is 24.5 Å². The van der Waals surface area contributed by atoms with Crippen LogP contribution in [-0.4, -0.2) is 46.7 Å².